The molecule has 2 aliphatic carbocycles. The standard InChI is InChI=1S/C18H23NS/c1-19(2)11-16-12-3-4-14(9-12)18(16)15-5-6-17-13(10-15)7-8-20-17/h5-8,10,12,14,16,18H,3-4,9,11H2,1-2H3. The summed E-state index contributed by atoms with van der Waals surface area (Å²) in [6.45, 7) is 1.26. The van der Waals surface area contributed by atoms with Crippen LogP contribution >= 0.6 is 11.3 Å². The molecule has 2 bridgehead atoms. The van der Waals surface area contributed by atoms with Crippen LogP contribution in [-0.2, 0) is 0 Å². The van der Waals surface area contributed by atoms with E-state index in [0.717, 1.165) is 23.7 Å². The summed E-state index contributed by atoms with van der Waals surface area (Å²) in [7, 11) is 4.45. The number of rotatable bonds is 3. The number of thiophene rings is 1. The predicted molar refractivity (Wildman–Crippen MR) is 87.4 cm³/mol. The van der Waals surface area contributed by atoms with Crippen LogP contribution in [0.15, 0.2) is 29.6 Å². The SMILES string of the molecule is CN(C)CC1C2CCC(C2)C1c1ccc2sccc2c1. The van der Waals surface area contributed by atoms with Crippen LogP contribution < -0.4 is 0 Å². The molecule has 0 amide bonds. The van der Waals surface area contributed by atoms with E-state index >= 15 is 0 Å². The van der Waals surface area contributed by atoms with E-state index in [4.69, 9.17) is 0 Å². The smallest absolute Gasteiger partial charge is 0.0342 e. The molecule has 0 aliphatic heterocycles. The van der Waals surface area contributed by atoms with Gasteiger partial charge in [0.1, 0.15) is 0 Å². The molecule has 1 aromatic carbocycles. The maximum absolute atomic E-state index is 2.47. The van der Waals surface area contributed by atoms with Crippen molar-refractivity contribution < 1.29 is 0 Å². The lowest BCUT2D eigenvalue weighted by molar-refractivity contribution is 0.219. The Balaban J connectivity index is 1.70. The van der Waals surface area contributed by atoms with Crippen molar-refractivity contribution in [3.63, 3.8) is 0 Å². The molecule has 4 atom stereocenters. The lowest BCUT2D eigenvalue weighted by Crippen LogP contribution is -2.30. The third-order valence-electron chi connectivity index (χ3n) is 5.53. The highest BCUT2D eigenvalue weighted by Gasteiger charge is 2.47. The summed E-state index contributed by atoms with van der Waals surface area (Å²) in [5.41, 5.74) is 1.61. The highest BCUT2D eigenvalue weighted by Crippen LogP contribution is 2.56. The van der Waals surface area contributed by atoms with Gasteiger partial charge in [-0.2, -0.15) is 0 Å². The van der Waals surface area contributed by atoms with Gasteiger partial charge in [-0.05, 0) is 85.5 Å². The molecule has 4 rings (SSSR count). The van der Waals surface area contributed by atoms with Gasteiger partial charge in [-0.1, -0.05) is 12.1 Å². The van der Waals surface area contributed by atoms with Gasteiger partial charge in [-0.3, -0.25) is 0 Å². The molecule has 2 saturated carbocycles. The van der Waals surface area contributed by atoms with E-state index in [1.807, 2.05) is 11.3 Å². The minimum Gasteiger partial charge on any atom is -0.309 e. The van der Waals surface area contributed by atoms with E-state index in [2.05, 4.69) is 48.6 Å². The zero-order valence-electron chi connectivity index (χ0n) is 12.4. The normalized spacial score (nSPS) is 32.5. The van der Waals surface area contributed by atoms with Crippen molar-refractivity contribution in [2.24, 2.45) is 17.8 Å². The number of benzene rings is 1. The van der Waals surface area contributed by atoms with E-state index in [0.29, 0.717) is 0 Å². The highest BCUT2D eigenvalue weighted by molar-refractivity contribution is 7.17. The molecule has 2 heteroatoms. The van der Waals surface area contributed by atoms with Crippen LogP contribution in [0.1, 0.15) is 30.7 Å². The van der Waals surface area contributed by atoms with Crippen LogP contribution in [-0.4, -0.2) is 25.5 Å². The Morgan fingerprint density at radius 1 is 1.15 bits per heavy atom. The van der Waals surface area contributed by atoms with Crippen LogP contribution in [0, 0.1) is 17.8 Å². The molecule has 1 nitrogen and oxygen atoms in total. The minimum atomic E-state index is 0.806. The lowest BCUT2D eigenvalue weighted by Gasteiger charge is -2.33. The zero-order chi connectivity index (χ0) is 13.7. The Hall–Kier alpha value is -0.860. The summed E-state index contributed by atoms with van der Waals surface area (Å²) in [5.74, 6) is 3.60. The van der Waals surface area contributed by atoms with Crippen LogP contribution in [0.3, 0.4) is 0 Å². The van der Waals surface area contributed by atoms with E-state index in [-0.39, 0.29) is 0 Å². The molecule has 1 aromatic heterocycles. The maximum atomic E-state index is 2.47. The van der Waals surface area contributed by atoms with E-state index < -0.39 is 0 Å². The third kappa shape index (κ3) is 2.01. The van der Waals surface area contributed by atoms with Crippen LogP contribution in [0.4, 0.5) is 0 Å². The first-order chi connectivity index (χ1) is 9.72. The van der Waals surface area contributed by atoms with Crippen molar-refractivity contribution >= 4 is 21.4 Å². The quantitative estimate of drug-likeness (QED) is 0.797. The van der Waals surface area contributed by atoms with Gasteiger partial charge < -0.3 is 4.90 Å². The number of nitrogens with zero attached hydrogens (tertiary/aromatic N) is 1. The molecule has 20 heavy (non-hydrogen) atoms. The number of hydrogen-bond donors (Lipinski definition) is 0. The molecular formula is C18H23NS. The fourth-order valence-electron chi connectivity index (χ4n) is 4.81. The minimum absolute atomic E-state index is 0.806. The first-order valence-corrected chi connectivity index (χ1v) is 8.72. The molecule has 4 unspecified atom stereocenters. The van der Waals surface area contributed by atoms with Crippen molar-refractivity contribution in [3.05, 3.63) is 35.2 Å². The molecule has 0 N–H and O–H groups in total. The molecule has 0 radical (unpaired) electrons. The predicted octanol–water partition coefficient (Wildman–Crippen LogP) is 4.59. The summed E-state index contributed by atoms with van der Waals surface area (Å²) in [6, 6.07) is 9.50. The van der Waals surface area contributed by atoms with Gasteiger partial charge in [0.15, 0.2) is 0 Å². The Bertz CT molecular complexity index is 615. The lowest BCUT2D eigenvalue weighted by atomic mass is 9.75. The fraction of sp³-hybridized carbons (Fsp3) is 0.556. The van der Waals surface area contributed by atoms with E-state index in [9.17, 15) is 0 Å². The van der Waals surface area contributed by atoms with E-state index in [1.54, 1.807) is 5.56 Å². The largest absolute Gasteiger partial charge is 0.309 e. The number of hydrogen-bond acceptors (Lipinski definition) is 2. The molecule has 106 valence electrons. The fourth-order valence-corrected chi connectivity index (χ4v) is 5.58. The van der Waals surface area contributed by atoms with Gasteiger partial charge in [0.05, 0.1) is 0 Å². The zero-order valence-corrected chi connectivity index (χ0v) is 13.2. The second-order valence-electron chi connectivity index (χ2n) is 7.00. The summed E-state index contributed by atoms with van der Waals surface area (Å²) in [6.07, 6.45) is 4.41. The van der Waals surface area contributed by atoms with Gasteiger partial charge in [-0.25, -0.2) is 0 Å². The second kappa shape index (κ2) is 4.85. The van der Waals surface area contributed by atoms with Crippen LogP contribution in [0.5, 0.6) is 0 Å². The van der Waals surface area contributed by atoms with Gasteiger partial charge in [0, 0.05) is 11.2 Å². The summed E-state index contributed by atoms with van der Waals surface area (Å²) in [5, 5.41) is 3.66. The summed E-state index contributed by atoms with van der Waals surface area (Å²) in [4.78, 5) is 2.39. The first kappa shape index (κ1) is 12.8. The molecular weight excluding hydrogens is 262 g/mol. The topological polar surface area (TPSA) is 3.24 Å². The average Bonchev–Trinajstić information content (AvgIpc) is 3.12. The Morgan fingerprint density at radius 2 is 2.00 bits per heavy atom. The van der Waals surface area contributed by atoms with Gasteiger partial charge >= 0.3 is 0 Å². The summed E-state index contributed by atoms with van der Waals surface area (Å²) < 4.78 is 1.43. The van der Waals surface area contributed by atoms with Crippen LogP contribution in [0.2, 0.25) is 0 Å². The molecule has 2 aromatic rings. The third-order valence-corrected chi connectivity index (χ3v) is 6.42. The van der Waals surface area contributed by atoms with Gasteiger partial charge in [0.2, 0.25) is 0 Å². The number of fused-ring (bicyclic) bond motifs is 3. The van der Waals surface area contributed by atoms with Gasteiger partial charge in [0.25, 0.3) is 0 Å². The molecule has 2 aliphatic rings. The first-order valence-electron chi connectivity index (χ1n) is 7.84. The molecule has 1 heterocycles. The van der Waals surface area contributed by atoms with Crippen LogP contribution in [0.25, 0.3) is 10.1 Å². The highest BCUT2D eigenvalue weighted by atomic mass is 32.1. The van der Waals surface area contributed by atoms with Crippen molar-refractivity contribution in [3.8, 4) is 0 Å². The molecule has 0 saturated heterocycles. The van der Waals surface area contributed by atoms with E-state index in [1.165, 1.54) is 35.9 Å². The van der Waals surface area contributed by atoms with Crippen molar-refractivity contribution in [2.75, 3.05) is 20.6 Å². The summed E-state index contributed by atoms with van der Waals surface area (Å²) >= 11 is 1.86. The maximum Gasteiger partial charge on any atom is 0.0342 e. The monoisotopic (exact) mass is 285 g/mol. The van der Waals surface area contributed by atoms with Crippen molar-refractivity contribution in [2.45, 2.75) is 25.2 Å². The van der Waals surface area contributed by atoms with Crippen molar-refractivity contribution in [1.29, 1.82) is 0 Å². The Labute approximate surface area is 125 Å². The molecule has 0 spiro atoms. The average molecular weight is 285 g/mol. The Morgan fingerprint density at radius 3 is 2.85 bits per heavy atom. The molecule has 2 fully saturated rings. The Kier molecular flexibility index (Phi) is 3.12. The van der Waals surface area contributed by atoms with Gasteiger partial charge in [-0.15, -0.1) is 11.3 Å². The van der Waals surface area contributed by atoms with Crippen molar-refractivity contribution in [1.82, 2.24) is 4.90 Å². The second-order valence-corrected chi connectivity index (χ2v) is 7.95.